The Morgan fingerprint density at radius 2 is 2.23 bits per heavy atom. The van der Waals surface area contributed by atoms with Crippen LogP contribution in [-0.4, -0.2) is 19.2 Å². The van der Waals surface area contributed by atoms with E-state index in [9.17, 15) is 0 Å². The molecule has 0 aromatic carbocycles. The van der Waals surface area contributed by atoms with Gasteiger partial charge in [0.25, 0.3) is 0 Å². The molecule has 70 valence electrons. The number of ether oxygens (including phenoxy) is 2. The van der Waals surface area contributed by atoms with Gasteiger partial charge in [0.15, 0.2) is 0 Å². The Balaban J connectivity index is 3.07. The summed E-state index contributed by atoms with van der Waals surface area (Å²) in [6, 6.07) is 1.69. The fourth-order valence-electron chi connectivity index (χ4n) is 0.882. The standard InChI is InChI=1S/C9H10ClNO2/c1-12-6-4-7-8(10)3-5-11-9(7)13-2/h3-6H,1-2H3/b6-4+. The molecular formula is C9H10ClNO2. The summed E-state index contributed by atoms with van der Waals surface area (Å²) in [5.74, 6) is 0.487. The quantitative estimate of drug-likeness (QED) is 0.701. The predicted molar refractivity (Wildman–Crippen MR) is 51.8 cm³/mol. The van der Waals surface area contributed by atoms with E-state index in [1.165, 1.54) is 6.26 Å². The maximum absolute atomic E-state index is 5.92. The molecule has 0 saturated heterocycles. The lowest BCUT2D eigenvalue weighted by Crippen LogP contribution is -1.91. The third-order valence-corrected chi connectivity index (χ3v) is 1.79. The average Bonchev–Trinajstić information content (AvgIpc) is 2.15. The van der Waals surface area contributed by atoms with Crippen LogP contribution in [0.3, 0.4) is 0 Å². The fourth-order valence-corrected chi connectivity index (χ4v) is 1.08. The van der Waals surface area contributed by atoms with Gasteiger partial charge < -0.3 is 9.47 Å². The second-order valence-electron chi connectivity index (χ2n) is 2.25. The van der Waals surface area contributed by atoms with Crippen LogP contribution in [0.4, 0.5) is 0 Å². The van der Waals surface area contributed by atoms with E-state index in [0.717, 1.165) is 0 Å². The molecule has 0 fully saturated rings. The Hall–Kier alpha value is -1.22. The first-order valence-corrected chi connectivity index (χ1v) is 4.05. The molecule has 0 spiro atoms. The molecule has 0 aliphatic heterocycles. The summed E-state index contributed by atoms with van der Waals surface area (Å²) in [6.07, 6.45) is 4.81. The van der Waals surface area contributed by atoms with Gasteiger partial charge in [-0.2, -0.15) is 0 Å². The van der Waals surface area contributed by atoms with Crippen molar-refractivity contribution in [2.75, 3.05) is 14.2 Å². The molecule has 3 nitrogen and oxygen atoms in total. The molecule has 0 amide bonds. The summed E-state index contributed by atoms with van der Waals surface area (Å²) in [7, 11) is 3.11. The van der Waals surface area contributed by atoms with Crippen LogP contribution in [0.2, 0.25) is 5.02 Å². The van der Waals surface area contributed by atoms with Crippen molar-refractivity contribution in [1.82, 2.24) is 4.98 Å². The number of methoxy groups -OCH3 is 2. The first-order valence-electron chi connectivity index (χ1n) is 3.67. The molecule has 0 aliphatic rings. The lowest BCUT2D eigenvalue weighted by atomic mass is 10.2. The Labute approximate surface area is 82.0 Å². The van der Waals surface area contributed by atoms with Crippen LogP contribution >= 0.6 is 11.6 Å². The Morgan fingerprint density at radius 3 is 2.85 bits per heavy atom. The van der Waals surface area contributed by atoms with Gasteiger partial charge in [0, 0.05) is 6.20 Å². The lowest BCUT2D eigenvalue weighted by Gasteiger charge is -2.03. The van der Waals surface area contributed by atoms with Crippen molar-refractivity contribution in [3.8, 4) is 5.88 Å². The predicted octanol–water partition coefficient (Wildman–Crippen LogP) is 2.36. The van der Waals surface area contributed by atoms with Gasteiger partial charge in [0.05, 0.1) is 31.1 Å². The van der Waals surface area contributed by atoms with E-state index in [1.54, 1.807) is 32.6 Å². The minimum atomic E-state index is 0.487. The molecule has 1 aromatic rings. The maximum Gasteiger partial charge on any atom is 0.222 e. The first-order chi connectivity index (χ1) is 6.29. The largest absolute Gasteiger partial charge is 0.504 e. The number of hydrogen-bond acceptors (Lipinski definition) is 3. The average molecular weight is 200 g/mol. The molecule has 0 aliphatic carbocycles. The summed E-state index contributed by atoms with van der Waals surface area (Å²) >= 11 is 5.92. The normalized spacial score (nSPS) is 10.4. The number of pyridine rings is 1. The molecular weight excluding hydrogens is 190 g/mol. The zero-order valence-corrected chi connectivity index (χ0v) is 8.21. The van der Waals surface area contributed by atoms with Gasteiger partial charge in [-0.15, -0.1) is 0 Å². The van der Waals surface area contributed by atoms with Gasteiger partial charge in [-0.25, -0.2) is 4.98 Å². The Kier molecular flexibility index (Phi) is 3.58. The second kappa shape index (κ2) is 4.72. The van der Waals surface area contributed by atoms with E-state index in [4.69, 9.17) is 21.1 Å². The number of halogens is 1. The summed E-state index contributed by atoms with van der Waals surface area (Å²) in [5.41, 5.74) is 0.716. The van der Waals surface area contributed by atoms with Crippen LogP contribution in [-0.2, 0) is 4.74 Å². The monoisotopic (exact) mass is 199 g/mol. The summed E-state index contributed by atoms with van der Waals surface area (Å²) in [5, 5.41) is 0.583. The van der Waals surface area contributed by atoms with Crippen molar-refractivity contribution in [1.29, 1.82) is 0 Å². The molecule has 1 heterocycles. The molecule has 4 heteroatoms. The van der Waals surface area contributed by atoms with Crippen LogP contribution in [0.15, 0.2) is 18.5 Å². The van der Waals surface area contributed by atoms with Gasteiger partial charge >= 0.3 is 0 Å². The van der Waals surface area contributed by atoms with E-state index < -0.39 is 0 Å². The fraction of sp³-hybridized carbons (Fsp3) is 0.222. The Bertz CT molecular complexity index is 312. The Morgan fingerprint density at radius 1 is 1.46 bits per heavy atom. The third kappa shape index (κ3) is 2.36. The molecule has 0 atom stereocenters. The highest BCUT2D eigenvalue weighted by atomic mass is 35.5. The van der Waals surface area contributed by atoms with E-state index in [2.05, 4.69) is 4.98 Å². The number of hydrogen-bond donors (Lipinski definition) is 0. The minimum absolute atomic E-state index is 0.487. The smallest absolute Gasteiger partial charge is 0.222 e. The highest BCUT2D eigenvalue weighted by Gasteiger charge is 2.04. The van der Waals surface area contributed by atoms with Gasteiger partial charge in [-0.1, -0.05) is 11.6 Å². The van der Waals surface area contributed by atoms with Crippen LogP contribution < -0.4 is 4.74 Å². The van der Waals surface area contributed by atoms with Gasteiger partial charge in [-0.05, 0) is 12.1 Å². The van der Waals surface area contributed by atoms with E-state index >= 15 is 0 Å². The molecule has 0 saturated carbocycles. The van der Waals surface area contributed by atoms with Crippen LogP contribution in [0.5, 0.6) is 5.88 Å². The molecule has 0 radical (unpaired) electrons. The van der Waals surface area contributed by atoms with E-state index in [-0.39, 0.29) is 0 Å². The summed E-state index contributed by atoms with van der Waals surface area (Å²) in [4.78, 5) is 4.00. The molecule has 0 N–H and O–H groups in total. The van der Waals surface area contributed by atoms with Gasteiger partial charge in [-0.3, -0.25) is 0 Å². The van der Waals surface area contributed by atoms with Crippen molar-refractivity contribution in [3.05, 3.63) is 29.1 Å². The molecule has 0 bridgehead atoms. The first kappa shape index (κ1) is 9.86. The van der Waals surface area contributed by atoms with Crippen molar-refractivity contribution >= 4 is 17.7 Å². The number of aromatic nitrogens is 1. The van der Waals surface area contributed by atoms with Crippen LogP contribution in [0.25, 0.3) is 6.08 Å². The summed E-state index contributed by atoms with van der Waals surface area (Å²) in [6.45, 7) is 0. The van der Waals surface area contributed by atoms with Crippen molar-refractivity contribution in [3.63, 3.8) is 0 Å². The minimum Gasteiger partial charge on any atom is -0.504 e. The zero-order chi connectivity index (χ0) is 9.68. The van der Waals surface area contributed by atoms with Crippen LogP contribution in [0.1, 0.15) is 5.56 Å². The molecule has 13 heavy (non-hydrogen) atoms. The molecule has 1 aromatic heterocycles. The lowest BCUT2D eigenvalue weighted by molar-refractivity contribution is 0.341. The highest BCUT2D eigenvalue weighted by Crippen LogP contribution is 2.24. The topological polar surface area (TPSA) is 31.4 Å². The SMILES string of the molecule is CO/C=C/c1c(Cl)ccnc1OC. The van der Waals surface area contributed by atoms with E-state index in [0.29, 0.717) is 16.5 Å². The maximum atomic E-state index is 5.92. The number of nitrogens with zero attached hydrogens (tertiary/aromatic N) is 1. The van der Waals surface area contributed by atoms with Gasteiger partial charge in [0.2, 0.25) is 5.88 Å². The van der Waals surface area contributed by atoms with Crippen molar-refractivity contribution in [2.45, 2.75) is 0 Å². The second-order valence-corrected chi connectivity index (χ2v) is 2.66. The molecule has 1 rings (SSSR count). The zero-order valence-electron chi connectivity index (χ0n) is 7.45. The van der Waals surface area contributed by atoms with E-state index in [1.807, 2.05) is 0 Å². The van der Waals surface area contributed by atoms with Crippen LogP contribution in [0, 0.1) is 0 Å². The van der Waals surface area contributed by atoms with Crippen molar-refractivity contribution < 1.29 is 9.47 Å². The summed E-state index contributed by atoms with van der Waals surface area (Å²) < 4.78 is 9.80. The highest BCUT2D eigenvalue weighted by molar-refractivity contribution is 6.32. The van der Waals surface area contributed by atoms with Gasteiger partial charge in [0.1, 0.15) is 0 Å². The van der Waals surface area contributed by atoms with Crippen molar-refractivity contribution in [2.24, 2.45) is 0 Å². The molecule has 0 unspecified atom stereocenters. The third-order valence-electron chi connectivity index (χ3n) is 1.46. The number of rotatable bonds is 3.